The summed E-state index contributed by atoms with van der Waals surface area (Å²) in [6.45, 7) is 1.10. The number of hydrogen-bond acceptors (Lipinski definition) is 2. The zero-order valence-corrected chi connectivity index (χ0v) is 23.7. The Balaban J connectivity index is 1.07. The SMILES string of the molecule is c1ccc(C(c2ccccc2)n2cc[n+](Cc3nnc(C[n+]4ccn(C(c5ccccc5)c5ccccc5)c4)[n-]3)c2)cc1. The molecule has 7 nitrogen and oxygen atoms in total. The Labute approximate surface area is 251 Å². The van der Waals surface area contributed by atoms with Gasteiger partial charge < -0.3 is 15.2 Å². The molecule has 4 aromatic carbocycles. The Morgan fingerprint density at radius 2 is 0.814 bits per heavy atom. The lowest BCUT2D eigenvalue weighted by Crippen LogP contribution is -2.34. The molecule has 43 heavy (non-hydrogen) atoms. The Hall–Kier alpha value is -5.56. The number of benzene rings is 4. The van der Waals surface area contributed by atoms with Crippen LogP contribution < -0.4 is 14.1 Å². The lowest BCUT2D eigenvalue weighted by molar-refractivity contribution is -0.690. The molecule has 0 saturated heterocycles. The topological polar surface area (TPSA) is 57.5 Å². The van der Waals surface area contributed by atoms with Crippen LogP contribution in [0.25, 0.3) is 0 Å². The van der Waals surface area contributed by atoms with E-state index in [1.165, 1.54) is 22.3 Å². The molecule has 0 N–H and O–H groups in total. The van der Waals surface area contributed by atoms with Gasteiger partial charge in [0.1, 0.15) is 37.9 Å². The average Bonchev–Trinajstić information content (AvgIpc) is 3.83. The van der Waals surface area contributed by atoms with E-state index in [1.807, 2.05) is 0 Å². The van der Waals surface area contributed by atoms with E-state index in [2.05, 4.69) is 187 Å². The molecule has 3 aromatic heterocycles. The van der Waals surface area contributed by atoms with Crippen molar-refractivity contribution in [3.8, 4) is 0 Å². The Morgan fingerprint density at radius 3 is 1.14 bits per heavy atom. The molecule has 0 aliphatic carbocycles. The van der Waals surface area contributed by atoms with E-state index < -0.39 is 0 Å². The highest BCUT2D eigenvalue weighted by molar-refractivity contribution is 5.33. The summed E-state index contributed by atoms with van der Waals surface area (Å²) in [5.74, 6) is 1.39. The van der Waals surface area contributed by atoms with Crippen molar-refractivity contribution in [1.82, 2.24) is 24.3 Å². The molecule has 0 aliphatic heterocycles. The third-order valence-electron chi connectivity index (χ3n) is 7.67. The van der Waals surface area contributed by atoms with E-state index in [9.17, 15) is 0 Å². The third-order valence-corrected chi connectivity index (χ3v) is 7.67. The minimum absolute atomic E-state index is 0.0777. The summed E-state index contributed by atoms with van der Waals surface area (Å²) in [5.41, 5.74) is 4.93. The molecular formula is C36H32N7+. The summed E-state index contributed by atoms with van der Waals surface area (Å²) in [4.78, 5) is 4.76. The summed E-state index contributed by atoms with van der Waals surface area (Å²) >= 11 is 0. The molecule has 0 atom stereocenters. The minimum Gasteiger partial charge on any atom is -0.359 e. The van der Waals surface area contributed by atoms with Gasteiger partial charge in [-0.2, -0.15) is 0 Å². The summed E-state index contributed by atoms with van der Waals surface area (Å²) in [7, 11) is 0. The number of nitrogens with zero attached hydrogens (tertiary/aromatic N) is 7. The smallest absolute Gasteiger partial charge is 0.244 e. The Bertz CT molecular complexity index is 1660. The quantitative estimate of drug-likeness (QED) is 0.221. The van der Waals surface area contributed by atoms with E-state index in [0.29, 0.717) is 24.7 Å². The van der Waals surface area contributed by atoms with Gasteiger partial charge in [-0.05, 0) is 0 Å². The van der Waals surface area contributed by atoms with Crippen molar-refractivity contribution in [3.63, 3.8) is 0 Å². The molecule has 0 saturated carbocycles. The van der Waals surface area contributed by atoms with E-state index in [-0.39, 0.29) is 12.1 Å². The molecule has 210 valence electrons. The summed E-state index contributed by atoms with van der Waals surface area (Å²) < 4.78 is 8.67. The lowest BCUT2D eigenvalue weighted by Gasteiger charge is -2.14. The van der Waals surface area contributed by atoms with Crippen LogP contribution in [0.4, 0.5) is 0 Å². The first-order valence-electron chi connectivity index (χ1n) is 14.5. The first kappa shape index (κ1) is 26.3. The second-order valence-electron chi connectivity index (χ2n) is 10.7. The maximum atomic E-state index is 4.76. The Morgan fingerprint density at radius 1 is 0.488 bits per heavy atom. The second kappa shape index (κ2) is 12.1. The van der Waals surface area contributed by atoms with Gasteiger partial charge >= 0.3 is 0 Å². The molecule has 0 amide bonds. The number of hydrogen-bond donors (Lipinski definition) is 0. The molecule has 7 rings (SSSR count). The van der Waals surface area contributed by atoms with Crippen molar-refractivity contribution in [2.45, 2.75) is 25.2 Å². The van der Waals surface area contributed by atoms with Crippen LogP contribution in [-0.4, -0.2) is 19.3 Å². The molecular weight excluding hydrogens is 530 g/mol. The largest absolute Gasteiger partial charge is 0.359 e. The van der Waals surface area contributed by atoms with Gasteiger partial charge in [0.25, 0.3) is 0 Å². The average molecular weight is 563 g/mol. The molecule has 0 bridgehead atoms. The van der Waals surface area contributed by atoms with Crippen LogP contribution in [0.1, 0.15) is 46.0 Å². The summed E-state index contributed by atoms with van der Waals surface area (Å²) in [6.07, 6.45) is 12.6. The van der Waals surface area contributed by atoms with Crippen molar-refractivity contribution >= 4 is 0 Å². The van der Waals surface area contributed by atoms with Gasteiger partial charge in [0.05, 0.1) is 0 Å². The van der Waals surface area contributed by atoms with Crippen LogP contribution >= 0.6 is 0 Å². The molecule has 0 aliphatic rings. The predicted molar refractivity (Wildman–Crippen MR) is 163 cm³/mol. The van der Waals surface area contributed by atoms with Crippen molar-refractivity contribution in [3.05, 3.63) is 193 Å². The fourth-order valence-corrected chi connectivity index (χ4v) is 5.70. The third kappa shape index (κ3) is 5.92. The number of aromatic nitrogens is 7. The molecule has 0 radical (unpaired) electrons. The lowest BCUT2D eigenvalue weighted by atomic mass is 9.99. The van der Waals surface area contributed by atoms with Crippen LogP contribution in [0.5, 0.6) is 0 Å². The van der Waals surface area contributed by atoms with E-state index in [4.69, 9.17) is 4.98 Å². The number of rotatable bonds is 10. The van der Waals surface area contributed by atoms with E-state index >= 15 is 0 Å². The van der Waals surface area contributed by atoms with Crippen molar-refractivity contribution in [2.24, 2.45) is 0 Å². The Kier molecular flexibility index (Phi) is 7.43. The molecule has 3 heterocycles. The number of imidazole rings is 2. The molecule has 7 heteroatoms. The molecule has 0 fully saturated rings. The summed E-state index contributed by atoms with van der Waals surface area (Å²) in [6, 6.07) is 42.4. The summed E-state index contributed by atoms with van der Waals surface area (Å²) in [5, 5.41) is 8.81. The standard InChI is InChI=1S/C36H32N7/c1-5-13-29(14-6-1)35(30-15-7-2-8-16-30)42-23-21-40(27-42)25-33-37-34(39-38-33)26-41-22-24-43(28-41)36(31-17-9-3-10-18-31)32-19-11-4-12-20-32/h1-24,27-28,35-36H,25-26H2/q+1. The fraction of sp³-hybridized carbons (Fsp3) is 0.111. The highest BCUT2D eigenvalue weighted by Crippen LogP contribution is 2.27. The fourth-order valence-electron chi connectivity index (χ4n) is 5.70. The first-order valence-corrected chi connectivity index (χ1v) is 14.5. The van der Waals surface area contributed by atoms with Gasteiger partial charge in [-0.15, -0.1) is 0 Å². The van der Waals surface area contributed by atoms with Crippen LogP contribution in [0.2, 0.25) is 0 Å². The predicted octanol–water partition coefficient (Wildman–Crippen LogP) is 4.98. The van der Waals surface area contributed by atoms with Crippen LogP contribution in [0, 0.1) is 0 Å². The van der Waals surface area contributed by atoms with Crippen molar-refractivity contribution in [1.29, 1.82) is 0 Å². The van der Waals surface area contributed by atoms with Crippen LogP contribution in [0.15, 0.2) is 159 Å². The van der Waals surface area contributed by atoms with Gasteiger partial charge in [0, 0.05) is 33.9 Å². The zero-order chi connectivity index (χ0) is 28.8. The maximum Gasteiger partial charge on any atom is 0.244 e. The monoisotopic (exact) mass is 562 g/mol. The van der Waals surface area contributed by atoms with Crippen LogP contribution in [-0.2, 0) is 13.1 Å². The maximum absolute atomic E-state index is 4.76. The highest BCUT2D eigenvalue weighted by atomic mass is 15.3. The molecule has 0 unspecified atom stereocenters. The van der Waals surface area contributed by atoms with Gasteiger partial charge in [0.15, 0.2) is 12.1 Å². The van der Waals surface area contributed by atoms with E-state index in [0.717, 1.165) is 0 Å². The highest BCUT2D eigenvalue weighted by Gasteiger charge is 2.22. The van der Waals surface area contributed by atoms with Crippen LogP contribution in [0.3, 0.4) is 0 Å². The molecule has 0 spiro atoms. The normalized spacial score (nSPS) is 11.4. The van der Waals surface area contributed by atoms with Gasteiger partial charge in [-0.25, -0.2) is 18.3 Å². The van der Waals surface area contributed by atoms with Crippen molar-refractivity contribution in [2.75, 3.05) is 0 Å². The molecule has 7 aromatic rings. The first-order chi connectivity index (χ1) is 21.3. The van der Waals surface area contributed by atoms with Crippen molar-refractivity contribution < 1.29 is 9.13 Å². The zero-order valence-electron chi connectivity index (χ0n) is 23.7. The van der Waals surface area contributed by atoms with Gasteiger partial charge in [0.2, 0.25) is 12.7 Å². The minimum atomic E-state index is 0.0777. The van der Waals surface area contributed by atoms with Gasteiger partial charge in [-0.1, -0.05) is 121 Å². The second-order valence-corrected chi connectivity index (χ2v) is 10.7. The van der Waals surface area contributed by atoms with Gasteiger partial charge in [-0.3, -0.25) is 0 Å². The van der Waals surface area contributed by atoms with E-state index in [1.54, 1.807) is 0 Å².